The van der Waals surface area contributed by atoms with Crippen LogP contribution in [0.4, 0.5) is 5.69 Å². The number of carbonyl (C=O) groups is 1. The highest BCUT2D eigenvalue weighted by Gasteiger charge is 2.12. The highest BCUT2D eigenvalue weighted by molar-refractivity contribution is 5.91. The molecule has 0 unspecified atom stereocenters. The predicted molar refractivity (Wildman–Crippen MR) is 107 cm³/mol. The summed E-state index contributed by atoms with van der Waals surface area (Å²) in [5.74, 6) is 0.646. The van der Waals surface area contributed by atoms with E-state index in [0.717, 1.165) is 21.5 Å². The average Bonchev–Trinajstić information content (AvgIpc) is 2.70. The maximum absolute atomic E-state index is 12.4. The number of anilines is 1. The van der Waals surface area contributed by atoms with Crippen molar-refractivity contribution >= 4 is 11.6 Å². The number of nitrogens with zero attached hydrogens (tertiary/aromatic N) is 3. The molecule has 0 aliphatic carbocycles. The standard InChI is InChI=1S/C21H22N4O3/c1-14(2)17-6-4-5-7-18(17)23-20(26)13-25-21(27)24-19(12-22-25)15-8-10-16(28-3)11-9-15/h4-12,14H,13H2,1-3H3,(H,23,26). The molecule has 0 atom stereocenters. The van der Waals surface area contributed by atoms with Crippen molar-refractivity contribution in [2.45, 2.75) is 26.3 Å². The van der Waals surface area contributed by atoms with Gasteiger partial charge in [0.2, 0.25) is 5.91 Å². The van der Waals surface area contributed by atoms with Crippen LogP contribution in [-0.4, -0.2) is 27.8 Å². The summed E-state index contributed by atoms with van der Waals surface area (Å²) < 4.78 is 6.16. The lowest BCUT2D eigenvalue weighted by atomic mass is 10.0. The average molecular weight is 378 g/mol. The number of amides is 1. The number of nitrogens with one attached hydrogen (secondary N) is 1. The van der Waals surface area contributed by atoms with Crippen molar-refractivity contribution in [1.82, 2.24) is 14.8 Å². The van der Waals surface area contributed by atoms with Gasteiger partial charge in [-0.05, 0) is 41.8 Å². The summed E-state index contributed by atoms with van der Waals surface area (Å²) in [7, 11) is 1.58. The number of rotatable bonds is 6. The van der Waals surface area contributed by atoms with Gasteiger partial charge in [-0.3, -0.25) is 4.79 Å². The number of carbonyl (C=O) groups excluding carboxylic acids is 1. The van der Waals surface area contributed by atoms with Crippen molar-refractivity contribution in [2.24, 2.45) is 0 Å². The van der Waals surface area contributed by atoms with E-state index in [0.29, 0.717) is 11.4 Å². The van der Waals surface area contributed by atoms with Crippen molar-refractivity contribution in [1.29, 1.82) is 0 Å². The molecule has 0 spiro atoms. The van der Waals surface area contributed by atoms with Gasteiger partial charge in [-0.25, -0.2) is 9.48 Å². The minimum atomic E-state index is -0.583. The Kier molecular flexibility index (Phi) is 5.84. The van der Waals surface area contributed by atoms with E-state index in [1.165, 1.54) is 6.20 Å². The van der Waals surface area contributed by atoms with E-state index in [4.69, 9.17) is 4.74 Å². The summed E-state index contributed by atoms with van der Waals surface area (Å²) in [5, 5.41) is 6.93. The smallest absolute Gasteiger partial charge is 0.365 e. The number of benzene rings is 2. The highest BCUT2D eigenvalue weighted by atomic mass is 16.5. The van der Waals surface area contributed by atoms with Gasteiger partial charge >= 0.3 is 5.69 Å². The first-order chi connectivity index (χ1) is 13.5. The summed E-state index contributed by atoms with van der Waals surface area (Å²) >= 11 is 0. The van der Waals surface area contributed by atoms with Gasteiger partial charge in [0.25, 0.3) is 0 Å². The van der Waals surface area contributed by atoms with Crippen molar-refractivity contribution in [3.05, 3.63) is 70.8 Å². The number of para-hydroxylation sites is 1. The molecule has 0 fully saturated rings. The first-order valence-electron chi connectivity index (χ1n) is 8.95. The van der Waals surface area contributed by atoms with Crippen LogP contribution in [0.2, 0.25) is 0 Å². The zero-order chi connectivity index (χ0) is 20.1. The molecule has 3 aromatic rings. The lowest BCUT2D eigenvalue weighted by Crippen LogP contribution is -2.31. The number of methoxy groups -OCH3 is 1. The fourth-order valence-corrected chi connectivity index (χ4v) is 2.81. The molecule has 1 amide bonds. The third-order valence-electron chi connectivity index (χ3n) is 4.29. The molecule has 0 saturated carbocycles. The fourth-order valence-electron chi connectivity index (χ4n) is 2.81. The van der Waals surface area contributed by atoms with Crippen molar-refractivity contribution in [2.75, 3.05) is 12.4 Å². The van der Waals surface area contributed by atoms with Gasteiger partial charge in [-0.15, -0.1) is 0 Å². The molecule has 0 radical (unpaired) electrons. The molecule has 28 heavy (non-hydrogen) atoms. The number of hydrogen-bond acceptors (Lipinski definition) is 5. The molecule has 0 aliphatic heterocycles. The Labute approximate surface area is 163 Å². The Morgan fingerprint density at radius 2 is 1.86 bits per heavy atom. The molecule has 1 heterocycles. The van der Waals surface area contributed by atoms with E-state index in [-0.39, 0.29) is 18.4 Å². The highest BCUT2D eigenvalue weighted by Crippen LogP contribution is 2.23. The predicted octanol–water partition coefficient (Wildman–Crippen LogP) is 3.08. The van der Waals surface area contributed by atoms with Gasteiger partial charge in [-0.1, -0.05) is 32.0 Å². The number of hydrogen-bond donors (Lipinski definition) is 1. The van der Waals surface area contributed by atoms with Crippen LogP contribution in [0.15, 0.2) is 59.5 Å². The van der Waals surface area contributed by atoms with Crippen LogP contribution in [0, 0.1) is 0 Å². The molecule has 1 N–H and O–H groups in total. The lowest BCUT2D eigenvalue weighted by molar-refractivity contribution is -0.117. The number of ether oxygens (including phenoxy) is 1. The van der Waals surface area contributed by atoms with Crippen molar-refractivity contribution in [3.63, 3.8) is 0 Å². The van der Waals surface area contributed by atoms with E-state index in [1.807, 2.05) is 24.3 Å². The monoisotopic (exact) mass is 378 g/mol. The van der Waals surface area contributed by atoms with Gasteiger partial charge in [0.15, 0.2) is 0 Å². The largest absolute Gasteiger partial charge is 0.497 e. The van der Waals surface area contributed by atoms with Gasteiger partial charge in [0, 0.05) is 11.3 Å². The first-order valence-corrected chi connectivity index (χ1v) is 8.95. The molecule has 7 nitrogen and oxygen atoms in total. The second-order valence-electron chi connectivity index (χ2n) is 6.60. The fraction of sp³-hybridized carbons (Fsp3) is 0.238. The van der Waals surface area contributed by atoms with Gasteiger partial charge in [-0.2, -0.15) is 10.1 Å². The van der Waals surface area contributed by atoms with Crippen LogP contribution < -0.4 is 15.7 Å². The number of aromatic nitrogens is 3. The lowest BCUT2D eigenvalue weighted by Gasteiger charge is -2.13. The van der Waals surface area contributed by atoms with E-state index >= 15 is 0 Å². The molecule has 0 bridgehead atoms. The Morgan fingerprint density at radius 3 is 2.50 bits per heavy atom. The molecular formula is C21H22N4O3. The molecule has 3 rings (SSSR count). The summed E-state index contributed by atoms with van der Waals surface area (Å²) in [6, 6.07) is 14.7. The Morgan fingerprint density at radius 1 is 1.14 bits per heavy atom. The van der Waals surface area contributed by atoms with Gasteiger partial charge in [0.1, 0.15) is 12.3 Å². The van der Waals surface area contributed by atoms with Crippen LogP contribution in [0.5, 0.6) is 5.75 Å². The van der Waals surface area contributed by atoms with Crippen molar-refractivity contribution in [3.8, 4) is 17.0 Å². The zero-order valence-electron chi connectivity index (χ0n) is 16.0. The second kappa shape index (κ2) is 8.47. The third-order valence-corrected chi connectivity index (χ3v) is 4.29. The normalized spacial score (nSPS) is 10.7. The summed E-state index contributed by atoms with van der Waals surface area (Å²) in [5.41, 5.74) is 2.37. The molecule has 0 saturated heterocycles. The van der Waals surface area contributed by atoms with E-state index in [9.17, 15) is 9.59 Å². The molecule has 0 aliphatic rings. The zero-order valence-corrected chi connectivity index (χ0v) is 16.0. The SMILES string of the molecule is COc1ccc(-c2cnn(CC(=O)Nc3ccccc3C(C)C)c(=O)n2)cc1. The van der Waals surface area contributed by atoms with Crippen LogP contribution in [0.1, 0.15) is 25.3 Å². The summed E-state index contributed by atoms with van der Waals surface area (Å²) in [4.78, 5) is 28.7. The van der Waals surface area contributed by atoms with Gasteiger partial charge < -0.3 is 10.1 Å². The van der Waals surface area contributed by atoms with Crippen molar-refractivity contribution < 1.29 is 9.53 Å². The molecule has 144 valence electrons. The maximum Gasteiger partial charge on any atom is 0.365 e. The second-order valence-corrected chi connectivity index (χ2v) is 6.60. The third kappa shape index (κ3) is 4.43. The quantitative estimate of drug-likeness (QED) is 0.712. The van der Waals surface area contributed by atoms with Crippen LogP contribution in [-0.2, 0) is 11.3 Å². The molecule has 1 aromatic heterocycles. The first kappa shape index (κ1) is 19.3. The van der Waals surface area contributed by atoms with Crippen LogP contribution >= 0.6 is 0 Å². The molecular weight excluding hydrogens is 356 g/mol. The summed E-state index contributed by atoms with van der Waals surface area (Å²) in [6.45, 7) is 3.90. The summed E-state index contributed by atoms with van der Waals surface area (Å²) in [6.07, 6.45) is 1.47. The van der Waals surface area contributed by atoms with E-state index < -0.39 is 5.69 Å². The Balaban J connectivity index is 1.74. The molecule has 7 heteroatoms. The topological polar surface area (TPSA) is 86.1 Å². The van der Waals surface area contributed by atoms with Gasteiger partial charge in [0.05, 0.1) is 19.0 Å². The maximum atomic E-state index is 12.4. The van der Waals surface area contributed by atoms with Crippen LogP contribution in [0.25, 0.3) is 11.3 Å². The Hall–Kier alpha value is -3.48. The minimum Gasteiger partial charge on any atom is -0.497 e. The molecule has 2 aromatic carbocycles. The van der Waals surface area contributed by atoms with E-state index in [2.05, 4.69) is 29.2 Å². The minimum absolute atomic E-state index is 0.207. The van der Waals surface area contributed by atoms with Crippen LogP contribution in [0.3, 0.4) is 0 Å². The van der Waals surface area contributed by atoms with E-state index in [1.54, 1.807) is 31.4 Å². The Bertz CT molecular complexity index is 1030.